The molecular weight excluding hydrogens is 420 g/mol. The highest BCUT2D eigenvalue weighted by Crippen LogP contribution is 2.53. The highest BCUT2D eigenvalue weighted by atomic mass is 16.7. The van der Waals surface area contributed by atoms with E-state index in [2.05, 4.69) is 0 Å². The van der Waals surface area contributed by atoms with Crippen LogP contribution in [0, 0.1) is 11.8 Å². The summed E-state index contributed by atoms with van der Waals surface area (Å²) in [5.41, 5.74) is 1.88. The minimum Gasteiger partial charge on any atom is -0.493 e. The van der Waals surface area contributed by atoms with Crippen LogP contribution in [-0.4, -0.2) is 58.0 Å². The molecule has 0 saturated heterocycles. The molecule has 0 bridgehead atoms. The molecule has 0 fully saturated rings. The standard InChI is InChI=1S/C23H26O9/c1-27-17-5-11(6-18(28-2)22(17)29-3)19-12-7-15-16(32-10-31-15)8-13(12)21(25)14(9-24)20(19)23(26)30-4/h5-8,14,19-21,24-25H,9-10H2,1-4H3/t14-,19+,20-,21?/m0/s1. The molecule has 4 atom stereocenters. The van der Waals surface area contributed by atoms with Crippen LogP contribution in [0.4, 0.5) is 0 Å². The van der Waals surface area contributed by atoms with Gasteiger partial charge in [0.05, 0.1) is 40.5 Å². The monoisotopic (exact) mass is 446 g/mol. The first kappa shape index (κ1) is 22.0. The second kappa shape index (κ2) is 8.76. The first-order valence-electron chi connectivity index (χ1n) is 10.1. The maximum atomic E-state index is 13.0. The Morgan fingerprint density at radius 2 is 1.56 bits per heavy atom. The number of fused-ring (bicyclic) bond motifs is 2. The van der Waals surface area contributed by atoms with Gasteiger partial charge in [0.25, 0.3) is 0 Å². The number of aliphatic hydroxyl groups is 2. The van der Waals surface area contributed by atoms with Crippen LogP contribution in [0.2, 0.25) is 0 Å². The van der Waals surface area contributed by atoms with Crippen molar-refractivity contribution in [3.63, 3.8) is 0 Å². The average Bonchev–Trinajstić information content (AvgIpc) is 3.28. The molecule has 9 heteroatoms. The lowest BCUT2D eigenvalue weighted by atomic mass is 9.65. The highest BCUT2D eigenvalue weighted by molar-refractivity contribution is 5.77. The van der Waals surface area contributed by atoms with Crippen LogP contribution >= 0.6 is 0 Å². The molecule has 0 aromatic heterocycles. The third-order valence-electron chi connectivity index (χ3n) is 6.19. The van der Waals surface area contributed by atoms with Gasteiger partial charge in [0.15, 0.2) is 23.0 Å². The molecule has 0 radical (unpaired) electrons. The van der Waals surface area contributed by atoms with Crippen molar-refractivity contribution in [3.05, 3.63) is 41.0 Å². The van der Waals surface area contributed by atoms with Gasteiger partial charge in [-0.2, -0.15) is 0 Å². The Kier molecular flexibility index (Phi) is 6.03. The molecule has 1 aliphatic heterocycles. The summed E-state index contributed by atoms with van der Waals surface area (Å²) in [5.74, 6) is -0.576. The van der Waals surface area contributed by atoms with E-state index in [1.165, 1.54) is 28.4 Å². The summed E-state index contributed by atoms with van der Waals surface area (Å²) in [6.07, 6.45) is -1.10. The first-order valence-corrected chi connectivity index (χ1v) is 10.1. The molecular formula is C23H26O9. The Labute approximate surface area is 185 Å². The van der Waals surface area contributed by atoms with Crippen LogP contribution in [0.25, 0.3) is 0 Å². The predicted molar refractivity (Wildman–Crippen MR) is 112 cm³/mol. The number of aliphatic hydroxyl groups excluding tert-OH is 2. The van der Waals surface area contributed by atoms with E-state index >= 15 is 0 Å². The van der Waals surface area contributed by atoms with Crippen molar-refractivity contribution in [2.75, 3.05) is 41.8 Å². The van der Waals surface area contributed by atoms with Crippen molar-refractivity contribution < 1.29 is 43.4 Å². The van der Waals surface area contributed by atoms with Crippen molar-refractivity contribution in [3.8, 4) is 28.7 Å². The van der Waals surface area contributed by atoms with Gasteiger partial charge in [0.2, 0.25) is 12.5 Å². The molecule has 32 heavy (non-hydrogen) atoms. The summed E-state index contributed by atoms with van der Waals surface area (Å²) in [7, 11) is 5.80. The Morgan fingerprint density at radius 1 is 0.969 bits per heavy atom. The molecule has 0 spiro atoms. The fraction of sp³-hybridized carbons (Fsp3) is 0.435. The van der Waals surface area contributed by atoms with E-state index in [9.17, 15) is 15.0 Å². The summed E-state index contributed by atoms with van der Waals surface area (Å²) in [6.45, 7) is -0.358. The van der Waals surface area contributed by atoms with Gasteiger partial charge >= 0.3 is 5.97 Å². The molecule has 4 rings (SSSR count). The Morgan fingerprint density at radius 3 is 2.06 bits per heavy atom. The molecule has 2 aromatic carbocycles. The molecule has 1 aliphatic carbocycles. The average molecular weight is 446 g/mol. The number of hydrogen-bond donors (Lipinski definition) is 2. The van der Waals surface area contributed by atoms with Crippen molar-refractivity contribution in [2.24, 2.45) is 11.8 Å². The van der Waals surface area contributed by atoms with E-state index in [0.717, 1.165) is 0 Å². The van der Waals surface area contributed by atoms with E-state index in [1.807, 2.05) is 0 Å². The van der Waals surface area contributed by atoms with E-state index in [0.29, 0.717) is 45.4 Å². The van der Waals surface area contributed by atoms with Gasteiger partial charge in [-0.05, 0) is 41.0 Å². The van der Waals surface area contributed by atoms with Crippen LogP contribution in [0.3, 0.4) is 0 Å². The Balaban J connectivity index is 1.99. The molecule has 2 aliphatic rings. The van der Waals surface area contributed by atoms with Crippen molar-refractivity contribution >= 4 is 5.97 Å². The Bertz CT molecular complexity index is 994. The smallest absolute Gasteiger partial charge is 0.310 e. The number of ether oxygens (including phenoxy) is 6. The van der Waals surface area contributed by atoms with Crippen molar-refractivity contribution in [1.29, 1.82) is 0 Å². The highest BCUT2D eigenvalue weighted by Gasteiger charge is 2.48. The second-order valence-electron chi connectivity index (χ2n) is 7.61. The van der Waals surface area contributed by atoms with Crippen LogP contribution in [0.1, 0.15) is 28.7 Å². The number of rotatable bonds is 6. The summed E-state index contributed by atoms with van der Waals surface area (Å²) in [5, 5.41) is 21.2. The van der Waals surface area contributed by atoms with Gasteiger partial charge in [0.1, 0.15) is 0 Å². The number of carbonyl (C=O) groups is 1. The second-order valence-corrected chi connectivity index (χ2v) is 7.61. The lowest BCUT2D eigenvalue weighted by Crippen LogP contribution is -2.41. The first-order chi connectivity index (χ1) is 15.5. The van der Waals surface area contributed by atoms with Crippen molar-refractivity contribution in [2.45, 2.75) is 12.0 Å². The molecule has 9 nitrogen and oxygen atoms in total. The number of benzene rings is 2. The van der Waals surface area contributed by atoms with E-state index in [1.54, 1.807) is 24.3 Å². The van der Waals surface area contributed by atoms with Gasteiger partial charge < -0.3 is 38.6 Å². The maximum absolute atomic E-state index is 13.0. The molecule has 2 N–H and O–H groups in total. The zero-order chi connectivity index (χ0) is 23.0. The van der Waals surface area contributed by atoms with E-state index in [-0.39, 0.29) is 6.79 Å². The van der Waals surface area contributed by atoms with Gasteiger partial charge in [-0.3, -0.25) is 4.79 Å². The Hall–Kier alpha value is -3.17. The van der Waals surface area contributed by atoms with Gasteiger partial charge in [-0.1, -0.05) is 0 Å². The topological polar surface area (TPSA) is 113 Å². The number of carbonyl (C=O) groups excluding carboxylic acids is 1. The van der Waals surface area contributed by atoms with Crippen LogP contribution < -0.4 is 23.7 Å². The van der Waals surface area contributed by atoms with Gasteiger partial charge in [-0.25, -0.2) is 0 Å². The maximum Gasteiger partial charge on any atom is 0.310 e. The lowest BCUT2D eigenvalue weighted by molar-refractivity contribution is -0.152. The normalized spacial score (nSPS) is 23.3. The predicted octanol–water partition coefficient (Wildman–Crippen LogP) is 2.02. The van der Waals surface area contributed by atoms with Crippen LogP contribution in [-0.2, 0) is 9.53 Å². The minimum absolute atomic E-state index is 0.0625. The van der Waals surface area contributed by atoms with Gasteiger partial charge in [0, 0.05) is 18.4 Å². The molecule has 0 amide bonds. The van der Waals surface area contributed by atoms with Gasteiger partial charge in [-0.15, -0.1) is 0 Å². The fourth-order valence-corrected chi connectivity index (χ4v) is 4.69. The SMILES string of the molecule is COC(=O)[C@@H]1[C@H](c2cc(OC)c(OC)c(OC)c2)c2cc3c(cc2C(O)[C@H]1CO)OCO3. The van der Waals surface area contributed by atoms with E-state index < -0.39 is 36.4 Å². The number of hydrogen-bond acceptors (Lipinski definition) is 9. The summed E-state index contributed by atoms with van der Waals surface area (Å²) >= 11 is 0. The quantitative estimate of drug-likeness (QED) is 0.644. The molecule has 172 valence electrons. The molecule has 1 unspecified atom stereocenters. The van der Waals surface area contributed by atoms with Crippen molar-refractivity contribution in [1.82, 2.24) is 0 Å². The van der Waals surface area contributed by atoms with Crippen LogP contribution in [0.5, 0.6) is 28.7 Å². The van der Waals surface area contributed by atoms with E-state index in [4.69, 9.17) is 28.4 Å². The number of methoxy groups -OCH3 is 4. The summed E-state index contributed by atoms with van der Waals surface area (Å²) < 4.78 is 32.5. The fourth-order valence-electron chi connectivity index (χ4n) is 4.69. The third kappa shape index (κ3) is 3.37. The summed E-state index contributed by atoms with van der Waals surface area (Å²) in [4.78, 5) is 13.0. The third-order valence-corrected chi connectivity index (χ3v) is 6.19. The zero-order valence-corrected chi connectivity index (χ0v) is 18.3. The molecule has 2 aromatic rings. The summed E-state index contributed by atoms with van der Waals surface area (Å²) in [6, 6.07) is 6.96. The number of esters is 1. The molecule has 0 saturated carbocycles. The largest absolute Gasteiger partial charge is 0.493 e. The minimum atomic E-state index is -1.10. The zero-order valence-electron chi connectivity index (χ0n) is 18.3. The van der Waals surface area contributed by atoms with Crippen LogP contribution in [0.15, 0.2) is 24.3 Å². The lowest BCUT2D eigenvalue weighted by Gasteiger charge is -2.40. The molecule has 1 heterocycles.